The van der Waals surface area contributed by atoms with Gasteiger partial charge in [0.1, 0.15) is 11.2 Å². The number of anilines is 1. The number of carbonyl (C=O) groups excluding carboxylic acids is 2. The highest BCUT2D eigenvalue weighted by Gasteiger charge is 2.59. The zero-order valence-corrected chi connectivity index (χ0v) is 21.6. The third-order valence-corrected chi connectivity index (χ3v) is 7.54. The first-order chi connectivity index (χ1) is 16.9. The van der Waals surface area contributed by atoms with Gasteiger partial charge in [-0.3, -0.25) is 9.20 Å². The van der Waals surface area contributed by atoms with Crippen molar-refractivity contribution in [3.63, 3.8) is 0 Å². The van der Waals surface area contributed by atoms with Gasteiger partial charge in [-0.2, -0.15) is 0 Å². The molecule has 0 unspecified atom stereocenters. The number of fused-ring (bicyclic) bond motifs is 1. The van der Waals surface area contributed by atoms with Gasteiger partial charge in [0.15, 0.2) is 5.82 Å². The first-order valence-electron chi connectivity index (χ1n) is 12.7. The van der Waals surface area contributed by atoms with Gasteiger partial charge in [-0.05, 0) is 83.4 Å². The predicted octanol–water partition coefficient (Wildman–Crippen LogP) is 4.29. The van der Waals surface area contributed by atoms with Crippen molar-refractivity contribution in [3.05, 3.63) is 45.1 Å². The fourth-order valence-electron chi connectivity index (χ4n) is 5.63. The summed E-state index contributed by atoms with van der Waals surface area (Å²) in [5, 5.41) is 2.97. The van der Waals surface area contributed by atoms with Crippen LogP contribution in [-0.4, -0.2) is 47.8 Å². The molecule has 3 heterocycles. The number of nitrogens with zero attached hydrogens (tertiary/aromatic N) is 2. The Balaban J connectivity index is 1.46. The smallest absolute Gasteiger partial charge is 0.407 e. The Morgan fingerprint density at radius 1 is 1.28 bits per heavy atom. The number of nitrogens with one attached hydrogen (secondary N) is 1. The van der Waals surface area contributed by atoms with E-state index in [1.807, 2.05) is 32.6 Å². The fourth-order valence-corrected chi connectivity index (χ4v) is 5.63. The zero-order valence-electron chi connectivity index (χ0n) is 21.6. The Labute approximate surface area is 209 Å². The van der Waals surface area contributed by atoms with Crippen molar-refractivity contribution in [2.24, 2.45) is 5.41 Å². The van der Waals surface area contributed by atoms with Crippen LogP contribution in [0, 0.1) is 18.2 Å². The minimum Gasteiger partial charge on any atom is -0.462 e. The number of aromatic nitrogens is 1. The van der Waals surface area contributed by atoms with Crippen LogP contribution in [0.3, 0.4) is 0 Å². The van der Waals surface area contributed by atoms with E-state index in [1.54, 1.807) is 13.0 Å². The molecule has 1 spiro atoms. The number of hydrogen-bond donors (Lipinski definition) is 1. The van der Waals surface area contributed by atoms with Gasteiger partial charge in [0.25, 0.3) is 5.56 Å². The van der Waals surface area contributed by atoms with Crippen LogP contribution >= 0.6 is 0 Å². The molecular formula is C27H34FN3O5. The fraction of sp³-hybridized carbons (Fsp3) is 0.593. The van der Waals surface area contributed by atoms with Gasteiger partial charge in [0.2, 0.25) is 0 Å². The molecule has 0 aromatic carbocycles. The number of aryl methyl sites for hydroxylation is 1. The van der Waals surface area contributed by atoms with Crippen LogP contribution < -0.4 is 15.8 Å². The minimum absolute atomic E-state index is 0.00189. The molecule has 5 rings (SSSR count). The molecular weight excluding hydrogens is 465 g/mol. The monoisotopic (exact) mass is 499 g/mol. The SMILES string of the molecule is CCOC(=O)c1cc(C2CC2)c2c(C)c(N3CC[C@@]4(C[C@@H]4NC(=O)OC(C)(C)C)C3)c(F)cn2c1=O. The summed E-state index contributed by atoms with van der Waals surface area (Å²) < 4.78 is 27.4. The number of amides is 1. The molecule has 1 aliphatic heterocycles. The highest BCUT2D eigenvalue weighted by Crippen LogP contribution is 2.54. The number of esters is 1. The van der Waals surface area contributed by atoms with Crippen LogP contribution in [0.1, 0.15) is 80.8 Å². The van der Waals surface area contributed by atoms with Crippen molar-refractivity contribution in [3.8, 4) is 0 Å². The summed E-state index contributed by atoms with van der Waals surface area (Å²) >= 11 is 0. The van der Waals surface area contributed by atoms with Crippen molar-refractivity contribution in [1.29, 1.82) is 0 Å². The Morgan fingerprint density at radius 3 is 2.64 bits per heavy atom. The van der Waals surface area contributed by atoms with E-state index in [1.165, 1.54) is 10.6 Å². The molecule has 2 aliphatic carbocycles. The lowest BCUT2D eigenvalue weighted by Gasteiger charge is -2.24. The second kappa shape index (κ2) is 8.49. The van der Waals surface area contributed by atoms with Crippen LogP contribution in [0.5, 0.6) is 0 Å². The maximum Gasteiger partial charge on any atom is 0.407 e. The maximum atomic E-state index is 15.6. The standard InChI is InChI=1S/C27H34FN3O5/c1-6-35-24(33)18-11-17(16-7-8-16)21-15(2)22(19(28)13-31(21)23(18)32)30-10-9-27(14-30)12-20(27)29-25(34)36-26(3,4)5/h11,13,16,20H,6-10,12,14H2,1-5H3,(H,29,34)/t20-,27+/m0/s1. The Morgan fingerprint density at radius 2 is 2.00 bits per heavy atom. The molecule has 1 N–H and O–H groups in total. The van der Waals surface area contributed by atoms with Crippen molar-refractivity contribution >= 4 is 23.3 Å². The van der Waals surface area contributed by atoms with Gasteiger partial charge >= 0.3 is 12.1 Å². The van der Waals surface area contributed by atoms with E-state index in [0.717, 1.165) is 31.2 Å². The van der Waals surface area contributed by atoms with Crippen LogP contribution in [0.2, 0.25) is 0 Å². The maximum absolute atomic E-state index is 15.6. The van der Waals surface area contributed by atoms with E-state index in [2.05, 4.69) is 5.32 Å². The number of pyridine rings is 2. The van der Waals surface area contributed by atoms with Crippen molar-refractivity contribution in [2.45, 2.75) is 77.9 Å². The molecule has 2 aromatic heterocycles. The summed E-state index contributed by atoms with van der Waals surface area (Å²) in [5.74, 6) is -0.944. The normalized spacial score (nSPS) is 23.3. The topological polar surface area (TPSA) is 89.3 Å². The van der Waals surface area contributed by atoms with Gasteiger partial charge < -0.3 is 19.7 Å². The number of hydrogen-bond acceptors (Lipinski definition) is 6. The summed E-state index contributed by atoms with van der Waals surface area (Å²) in [7, 11) is 0. The van der Waals surface area contributed by atoms with Crippen LogP contribution in [-0.2, 0) is 9.47 Å². The van der Waals surface area contributed by atoms with Gasteiger partial charge in [0, 0.05) is 24.5 Å². The summed E-state index contributed by atoms with van der Waals surface area (Å²) in [6.45, 7) is 10.4. The molecule has 3 fully saturated rings. The van der Waals surface area contributed by atoms with Crippen LogP contribution in [0.25, 0.3) is 5.52 Å². The number of rotatable bonds is 5. The molecule has 1 amide bonds. The lowest BCUT2D eigenvalue weighted by molar-refractivity contribution is 0.0509. The summed E-state index contributed by atoms with van der Waals surface area (Å²) in [6, 6.07) is 1.65. The van der Waals surface area contributed by atoms with E-state index >= 15 is 4.39 Å². The average molecular weight is 500 g/mol. The molecule has 8 nitrogen and oxygen atoms in total. The number of carbonyl (C=O) groups is 2. The first-order valence-corrected chi connectivity index (χ1v) is 12.7. The highest BCUT2D eigenvalue weighted by atomic mass is 19.1. The van der Waals surface area contributed by atoms with Gasteiger partial charge in [-0.25, -0.2) is 14.0 Å². The molecule has 0 radical (unpaired) electrons. The summed E-state index contributed by atoms with van der Waals surface area (Å²) in [4.78, 5) is 39.9. The van der Waals surface area contributed by atoms with Crippen LogP contribution in [0.15, 0.2) is 17.1 Å². The molecule has 194 valence electrons. The largest absolute Gasteiger partial charge is 0.462 e. The third-order valence-electron chi connectivity index (χ3n) is 7.54. The molecule has 2 atom stereocenters. The lowest BCUT2D eigenvalue weighted by atomic mass is 10.0. The quantitative estimate of drug-likeness (QED) is 0.618. The van der Waals surface area contributed by atoms with Gasteiger partial charge in [-0.15, -0.1) is 0 Å². The molecule has 0 bridgehead atoms. The van der Waals surface area contributed by atoms with E-state index in [4.69, 9.17) is 9.47 Å². The van der Waals surface area contributed by atoms with Crippen LogP contribution in [0.4, 0.5) is 14.9 Å². The molecule has 2 saturated carbocycles. The number of alkyl carbamates (subject to hydrolysis) is 1. The highest BCUT2D eigenvalue weighted by molar-refractivity contribution is 5.90. The number of halogens is 1. The zero-order chi connectivity index (χ0) is 26.0. The van der Waals surface area contributed by atoms with Gasteiger partial charge in [0.05, 0.1) is 24.0 Å². The van der Waals surface area contributed by atoms with E-state index in [0.29, 0.717) is 29.9 Å². The molecule has 9 heteroatoms. The molecule has 1 saturated heterocycles. The van der Waals surface area contributed by atoms with Crippen molar-refractivity contribution in [2.75, 3.05) is 24.6 Å². The lowest BCUT2D eigenvalue weighted by Crippen LogP contribution is -2.36. The molecule has 2 aromatic rings. The average Bonchev–Trinajstić information content (AvgIpc) is 3.67. The predicted molar refractivity (Wildman–Crippen MR) is 133 cm³/mol. The Hall–Kier alpha value is -3.10. The van der Waals surface area contributed by atoms with E-state index in [-0.39, 0.29) is 29.5 Å². The molecule has 3 aliphatic rings. The second-order valence-electron chi connectivity index (χ2n) is 11.4. The summed E-state index contributed by atoms with van der Waals surface area (Å²) in [5.41, 5.74) is 1.45. The first kappa shape index (κ1) is 24.6. The minimum atomic E-state index is -0.681. The molecule has 36 heavy (non-hydrogen) atoms. The Kier molecular flexibility index (Phi) is 5.80. The number of ether oxygens (including phenoxy) is 2. The summed E-state index contributed by atoms with van der Waals surface area (Å²) in [6.07, 6.45) is 4.37. The third kappa shape index (κ3) is 4.33. The van der Waals surface area contributed by atoms with E-state index < -0.39 is 29.0 Å². The van der Waals surface area contributed by atoms with Gasteiger partial charge in [-0.1, -0.05) is 0 Å². The second-order valence-corrected chi connectivity index (χ2v) is 11.4. The van der Waals surface area contributed by atoms with Crippen molar-refractivity contribution in [1.82, 2.24) is 9.72 Å². The van der Waals surface area contributed by atoms with Crippen molar-refractivity contribution < 1.29 is 23.5 Å². The Bertz CT molecular complexity index is 1310. The van der Waals surface area contributed by atoms with E-state index in [9.17, 15) is 14.4 Å².